The maximum Gasteiger partial charge on any atom is 0.0250 e. The van der Waals surface area contributed by atoms with Crippen LogP contribution in [0.5, 0.6) is 0 Å². The third-order valence-electron chi connectivity index (χ3n) is 2.21. The maximum absolute atomic E-state index is 2.44. The molecule has 1 aromatic carbocycles. The average molecular weight is 288 g/mol. The van der Waals surface area contributed by atoms with Crippen molar-refractivity contribution in [2.45, 2.75) is 37.5 Å². The molecule has 0 saturated carbocycles. The van der Waals surface area contributed by atoms with Gasteiger partial charge in [0.2, 0.25) is 0 Å². The highest BCUT2D eigenvalue weighted by Gasteiger charge is 2.16. The SMILES string of the molecule is Cc1ccc(C(C)(C)C)c(CI)c1. The lowest BCUT2D eigenvalue weighted by Crippen LogP contribution is -2.13. The van der Waals surface area contributed by atoms with Gasteiger partial charge in [0.1, 0.15) is 0 Å². The van der Waals surface area contributed by atoms with Crippen molar-refractivity contribution in [2.75, 3.05) is 0 Å². The highest BCUT2D eigenvalue weighted by molar-refractivity contribution is 14.1. The second-order valence-corrected chi connectivity index (χ2v) is 5.31. The lowest BCUT2D eigenvalue weighted by atomic mass is 9.84. The van der Waals surface area contributed by atoms with Crippen LogP contribution in [0.25, 0.3) is 0 Å². The standard InChI is InChI=1S/C12H17I/c1-9-5-6-11(12(2,3)4)10(7-9)8-13/h5-7H,8H2,1-4H3. The Balaban J connectivity index is 3.22. The number of hydrogen-bond acceptors (Lipinski definition) is 0. The highest BCUT2D eigenvalue weighted by Crippen LogP contribution is 2.27. The molecule has 1 heteroatoms. The molecule has 13 heavy (non-hydrogen) atoms. The molecule has 1 aromatic rings. The average Bonchev–Trinajstić information content (AvgIpc) is 2.01. The second kappa shape index (κ2) is 3.99. The molecular formula is C12H17I. The summed E-state index contributed by atoms with van der Waals surface area (Å²) in [5, 5.41) is 0. The van der Waals surface area contributed by atoms with E-state index in [4.69, 9.17) is 0 Å². The molecule has 0 aliphatic carbocycles. The van der Waals surface area contributed by atoms with Crippen LogP contribution in [-0.2, 0) is 9.84 Å². The van der Waals surface area contributed by atoms with E-state index in [9.17, 15) is 0 Å². The minimum absolute atomic E-state index is 0.272. The zero-order valence-corrected chi connectivity index (χ0v) is 11.0. The first-order chi connectivity index (χ1) is 5.95. The molecule has 1 rings (SSSR count). The van der Waals surface area contributed by atoms with E-state index in [1.807, 2.05) is 0 Å². The summed E-state index contributed by atoms with van der Waals surface area (Å²) in [6, 6.07) is 6.77. The van der Waals surface area contributed by atoms with E-state index in [2.05, 4.69) is 68.5 Å². The first-order valence-electron chi connectivity index (χ1n) is 4.61. The van der Waals surface area contributed by atoms with E-state index < -0.39 is 0 Å². The van der Waals surface area contributed by atoms with Gasteiger partial charge in [-0.05, 0) is 23.5 Å². The number of rotatable bonds is 1. The van der Waals surface area contributed by atoms with Gasteiger partial charge in [-0.2, -0.15) is 0 Å². The second-order valence-electron chi connectivity index (χ2n) is 4.54. The Kier molecular flexibility index (Phi) is 3.38. The van der Waals surface area contributed by atoms with Crippen molar-refractivity contribution < 1.29 is 0 Å². The summed E-state index contributed by atoms with van der Waals surface area (Å²) in [5.74, 6) is 0. The summed E-state index contributed by atoms with van der Waals surface area (Å²) in [6.45, 7) is 8.97. The number of alkyl halides is 1. The topological polar surface area (TPSA) is 0 Å². The minimum Gasteiger partial charge on any atom is -0.0812 e. The van der Waals surface area contributed by atoms with E-state index in [-0.39, 0.29) is 5.41 Å². The Morgan fingerprint density at radius 3 is 2.31 bits per heavy atom. The molecule has 0 radical (unpaired) electrons. The van der Waals surface area contributed by atoms with Crippen LogP contribution < -0.4 is 0 Å². The third kappa shape index (κ3) is 2.70. The molecule has 0 nitrogen and oxygen atoms in total. The maximum atomic E-state index is 2.44. The Bertz CT molecular complexity index is 294. The normalized spacial score (nSPS) is 11.8. The van der Waals surface area contributed by atoms with Gasteiger partial charge in [0, 0.05) is 4.43 Å². The summed E-state index contributed by atoms with van der Waals surface area (Å²) in [7, 11) is 0. The molecule has 0 bridgehead atoms. The van der Waals surface area contributed by atoms with E-state index in [0.717, 1.165) is 4.43 Å². The molecule has 0 N–H and O–H groups in total. The van der Waals surface area contributed by atoms with Gasteiger partial charge >= 0.3 is 0 Å². The Labute approximate surface area is 94.9 Å². The Morgan fingerprint density at radius 2 is 1.85 bits per heavy atom. The minimum atomic E-state index is 0.272. The van der Waals surface area contributed by atoms with Gasteiger partial charge in [-0.25, -0.2) is 0 Å². The molecule has 0 fully saturated rings. The van der Waals surface area contributed by atoms with E-state index in [1.54, 1.807) is 0 Å². The van der Waals surface area contributed by atoms with E-state index >= 15 is 0 Å². The molecule has 0 aliphatic rings. The van der Waals surface area contributed by atoms with Gasteiger partial charge in [-0.15, -0.1) is 0 Å². The molecule has 72 valence electrons. The molecule has 0 amide bonds. The Morgan fingerprint density at radius 1 is 1.23 bits per heavy atom. The summed E-state index contributed by atoms with van der Waals surface area (Å²) in [5.41, 5.74) is 4.59. The summed E-state index contributed by atoms with van der Waals surface area (Å²) < 4.78 is 1.10. The fourth-order valence-electron chi connectivity index (χ4n) is 1.56. The molecule has 0 aliphatic heterocycles. The molecule has 0 spiro atoms. The van der Waals surface area contributed by atoms with Crippen molar-refractivity contribution in [3.8, 4) is 0 Å². The van der Waals surface area contributed by atoms with Crippen molar-refractivity contribution in [2.24, 2.45) is 0 Å². The third-order valence-corrected chi connectivity index (χ3v) is 3.03. The zero-order valence-electron chi connectivity index (χ0n) is 8.82. The molecule has 0 unspecified atom stereocenters. The first kappa shape index (κ1) is 11.0. The Hall–Kier alpha value is -0.0500. The van der Waals surface area contributed by atoms with Crippen molar-refractivity contribution in [1.29, 1.82) is 0 Å². The van der Waals surface area contributed by atoms with Gasteiger partial charge in [-0.1, -0.05) is 67.1 Å². The lowest BCUT2D eigenvalue weighted by Gasteiger charge is -2.22. The van der Waals surface area contributed by atoms with E-state index in [1.165, 1.54) is 16.7 Å². The lowest BCUT2D eigenvalue weighted by molar-refractivity contribution is 0.586. The van der Waals surface area contributed by atoms with Crippen LogP contribution in [0.15, 0.2) is 18.2 Å². The van der Waals surface area contributed by atoms with Crippen molar-refractivity contribution in [3.63, 3.8) is 0 Å². The van der Waals surface area contributed by atoms with Crippen LogP contribution in [0.1, 0.15) is 37.5 Å². The smallest absolute Gasteiger partial charge is 0.0250 e. The molecule has 0 aromatic heterocycles. The molecule has 0 atom stereocenters. The molecule has 0 heterocycles. The van der Waals surface area contributed by atoms with Crippen LogP contribution in [-0.4, -0.2) is 0 Å². The predicted octanol–water partition coefficient (Wildman–Crippen LogP) is 4.23. The van der Waals surface area contributed by atoms with Crippen LogP contribution >= 0.6 is 22.6 Å². The number of halogens is 1. The fourth-order valence-corrected chi connectivity index (χ4v) is 2.20. The van der Waals surface area contributed by atoms with E-state index in [0.29, 0.717) is 0 Å². The number of hydrogen-bond donors (Lipinski definition) is 0. The predicted molar refractivity (Wildman–Crippen MR) is 67.6 cm³/mol. The van der Waals surface area contributed by atoms with Crippen molar-refractivity contribution >= 4 is 22.6 Å². The zero-order chi connectivity index (χ0) is 10.1. The highest BCUT2D eigenvalue weighted by atomic mass is 127. The van der Waals surface area contributed by atoms with Gasteiger partial charge in [0.25, 0.3) is 0 Å². The number of aryl methyl sites for hydroxylation is 1. The summed E-state index contributed by atoms with van der Waals surface area (Å²) in [6.07, 6.45) is 0. The van der Waals surface area contributed by atoms with Crippen LogP contribution in [0.2, 0.25) is 0 Å². The van der Waals surface area contributed by atoms with Crippen molar-refractivity contribution in [3.05, 3.63) is 34.9 Å². The molecule has 0 saturated heterocycles. The monoisotopic (exact) mass is 288 g/mol. The molecular weight excluding hydrogens is 271 g/mol. The fraction of sp³-hybridized carbons (Fsp3) is 0.500. The van der Waals surface area contributed by atoms with Crippen molar-refractivity contribution in [1.82, 2.24) is 0 Å². The summed E-state index contributed by atoms with van der Waals surface area (Å²) >= 11 is 2.44. The number of benzene rings is 1. The largest absolute Gasteiger partial charge is 0.0812 e. The van der Waals surface area contributed by atoms with Crippen LogP contribution in [0.4, 0.5) is 0 Å². The van der Waals surface area contributed by atoms with Crippen LogP contribution in [0, 0.1) is 6.92 Å². The van der Waals surface area contributed by atoms with Gasteiger partial charge < -0.3 is 0 Å². The van der Waals surface area contributed by atoms with Crippen LogP contribution in [0.3, 0.4) is 0 Å². The first-order valence-corrected chi connectivity index (χ1v) is 6.13. The van der Waals surface area contributed by atoms with Gasteiger partial charge in [0.15, 0.2) is 0 Å². The van der Waals surface area contributed by atoms with Gasteiger partial charge in [0.05, 0.1) is 0 Å². The summed E-state index contributed by atoms with van der Waals surface area (Å²) in [4.78, 5) is 0. The quantitative estimate of drug-likeness (QED) is 0.536. The van der Waals surface area contributed by atoms with Gasteiger partial charge in [-0.3, -0.25) is 0 Å².